The van der Waals surface area contributed by atoms with Crippen LogP contribution in [0.15, 0.2) is 64.8 Å². The van der Waals surface area contributed by atoms with Gasteiger partial charge in [0.1, 0.15) is 24.8 Å². The van der Waals surface area contributed by atoms with Gasteiger partial charge in [-0.15, -0.1) is 5.01 Å². The number of aromatic nitrogens is 2. The molecule has 1 unspecified atom stereocenters. The van der Waals surface area contributed by atoms with Gasteiger partial charge in [0.25, 0.3) is 16.3 Å². The summed E-state index contributed by atoms with van der Waals surface area (Å²) in [7, 11) is -4.45. The quantitative estimate of drug-likeness (QED) is 0.105. The van der Waals surface area contributed by atoms with Gasteiger partial charge in [0.05, 0.1) is 21.2 Å². The van der Waals surface area contributed by atoms with Crippen molar-refractivity contribution < 1.29 is 55.2 Å². The number of hydrogen-bond acceptors (Lipinski definition) is 11. The Labute approximate surface area is 267 Å². The summed E-state index contributed by atoms with van der Waals surface area (Å²) in [6.07, 6.45) is -9.21. The highest BCUT2D eigenvalue weighted by atomic mass is 32.2. The first-order valence-corrected chi connectivity index (χ1v) is 15.4. The molecular weight excluding hydrogens is 653 g/mol. The van der Waals surface area contributed by atoms with Crippen LogP contribution >= 0.6 is 0 Å². The smallest absolute Gasteiger partial charge is 0.511 e. The molecule has 254 valence electrons. The Morgan fingerprint density at radius 3 is 2.28 bits per heavy atom. The molecule has 0 radical (unpaired) electrons. The molecule has 1 amide bonds. The maximum atomic E-state index is 13.5. The van der Waals surface area contributed by atoms with Crippen molar-refractivity contribution >= 4 is 22.3 Å². The average molecular weight is 685 g/mol. The minimum atomic E-state index is -4.72. The van der Waals surface area contributed by atoms with E-state index in [1.807, 2.05) is 6.92 Å². The van der Waals surface area contributed by atoms with E-state index in [1.54, 1.807) is 49.8 Å². The second-order valence-electron chi connectivity index (χ2n) is 11.3. The first-order chi connectivity index (χ1) is 21.8. The van der Waals surface area contributed by atoms with Crippen molar-refractivity contribution in [2.75, 3.05) is 13.1 Å². The van der Waals surface area contributed by atoms with E-state index >= 15 is 0 Å². The summed E-state index contributed by atoms with van der Waals surface area (Å²) in [5.41, 5.74) is -0.317. The molecule has 2 heterocycles. The van der Waals surface area contributed by atoms with E-state index in [0.29, 0.717) is 5.56 Å². The Balaban J connectivity index is 1.33. The van der Waals surface area contributed by atoms with Crippen molar-refractivity contribution in [3.63, 3.8) is 0 Å². The molecular formula is C28H31F3N6O9S. The Hall–Kier alpha value is -5.07. The molecule has 2 aromatic carbocycles. The van der Waals surface area contributed by atoms with Gasteiger partial charge >= 0.3 is 18.4 Å². The van der Waals surface area contributed by atoms with Gasteiger partial charge in [0.15, 0.2) is 5.69 Å². The van der Waals surface area contributed by atoms with Gasteiger partial charge in [0.2, 0.25) is 5.28 Å². The highest BCUT2D eigenvalue weighted by Gasteiger charge is 2.38. The lowest BCUT2D eigenvalue weighted by Crippen LogP contribution is -2.56. The topological polar surface area (TPSA) is 177 Å². The number of rotatable bonds is 9. The summed E-state index contributed by atoms with van der Waals surface area (Å²) in [5.74, 6) is 0. The lowest BCUT2D eigenvalue weighted by atomic mass is 10.1. The molecule has 19 heteroatoms. The number of nitrogens with one attached hydrogen (secondary N) is 1. The Morgan fingerprint density at radius 1 is 1.09 bits per heavy atom. The van der Waals surface area contributed by atoms with Crippen molar-refractivity contribution in [3.8, 4) is 16.9 Å². The molecule has 4 rings (SSSR count). The second-order valence-corrected chi connectivity index (χ2v) is 13.0. The van der Waals surface area contributed by atoms with Crippen LogP contribution in [0.25, 0.3) is 16.9 Å². The van der Waals surface area contributed by atoms with Crippen LogP contribution in [0.4, 0.5) is 22.8 Å². The van der Waals surface area contributed by atoms with Gasteiger partial charge in [0, 0.05) is 12.5 Å². The standard InChI is InChI=1S/C28H31F3N6O9S/c1-17-6-8-19(9-7-17)23-14-24(28(29,30)31)32-36(23)20-10-12-22(13-11-20)47(41,42)33-25(38)44-21-15-35(16-21)37(40)34-46-18(2)43-26(39)45-27(3,4)5/h6-14,18,21H,15-16H2,1-5H3,(H,33,38). The van der Waals surface area contributed by atoms with Crippen LogP contribution in [0.2, 0.25) is 0 Å². The third-order valence-corrected chi connectivity index (χ3v) is 7.55. The fraction of sp³-hybridized carbons (Fsp3) is 0.393. The molecule has 1 saturated heterocycles. The monoisotopic (exact) mass is 684 g/mol. The minimum absolute atomic E-state index is 0.0343. The fourth-order valence-corrected chi connectivity index (χ4v) is 4.86. The van der Waals surface area contributed by atoms with Crippen LogP contribution in [0.1, 0.15) is 39.0 Å². The molecule has 1 fully saturated rings. The van der Waals surface area contributed by atoms with Crippen LogP contribution in [0.3, 0.4) is 0 Å². The first-order valence-electron chi connectivity index (χ1n) is 13.9. The fourth-order valence-electron chi connectivity index (χ4n) is 3.98. The van der Waals surface area contributed by atoms with Crippen molar-refractivity contribution in [2.24, 2.45) is 5.28 Å². The summed E-state index contributed by atoms with van der Waals surface area (Å²) in [6.45, 7) is 7.69. The number of benzene rings is 2. The zero-order chi connectivity index (χ0) is 34.7. The minimum Gasteiger partial charge on any atom is -0.569 e. The van der Waals surface area contributed by atoms with Crippen molar-refractivity contribution in [1.29, 1.82) is 0 Å². The maximum absolute atomic E-state index is 13.5. The Bertz CT molecular complexity index is 1730. The van der Waals surface area contributed by atoms with Crippen LogP contribution in [0, 0.1) is 12.1 Å². The number of alkyl halides is 3. The van der Waals surface area contributed by atoms with E-state index in [2.05, 4.69) is 10.4 Å². The lowest BCUT2D eigenvalue weighted by Gasteiger charge is -2.33. The lowest BCUT2D eigenvalue weighted by molar-refractivity contribution is -0.728. The predicted molar refractivity (Wildman–Crippen MR) is 155 cm³/mol. The summed E-state index contributed by atoms with van der Waals surface area (Å²) in [5, 5.41) is 20.0. The zero-order valence-corrected chi connectivity index (χ0v) is 26.5. The number of carbonyl (C=O) groups excluding carboxylic acids is 2. The molecule has 0 spiro atoms. The average Bonchev–Trinajstić information content (AvgIpc) is 3.39. The molecule has 0 bridgehead atoms. The number of nitrogens with zero attached hydrogens (tertiary/aromatic N) is 5. The highest BCUT2D eigenvalue weighted by Crippen LogP contribution is 2.33. The van der Waals surface area contributed by atoms with Crippen LogP contribution < -0.4 is 4.72 Å². The normalized spacial score (nSPS) is 15.0. The van der Waals surface area contributed by atoms with Crippen molar-refractivity contribution in [2.45, 2.75) is 63.7 Å². The summed E-state index contributed by atoms with van der Waals surface area (Å²) >= 11 is 0. The SMILES string of the molecule is Cc1ccc(-c2cc(C(F)(F)F)nn2-c2ccc(S(=O)(=O)NC(=O)OC3CN([N+]([O-])=NOC(C)OC(=O)OC(C)(C)C)C3)cc2)cc1. The van der Waals surface area contributed by atoms with Gasteiger partial charge in [-0.2, -0.15) is 18.3 Å². The number of halogens is 3. The first kappa shape index (κ1) is 34.8. The van der Waals surface area contributed by atoms with Crippen molar-refractivity contribution in [1.82, 2.24) is 19.5 Å². The maximum Gasteiger partial charge on any atom is 0.511 e. The van der Waals surface area contributed by atoms with Gasteiger partial charge in [-0.05, 0) is 58.0 Å². The molecule has 0 saturated carbocycles. The summed E-state index contributed by atoms with van der Waals surface area (Å²) in [4.78, 5) is 28.3. The zero-order valence-electron chi connectivity index (χ0n) is 25.7. The highest BCUT2D eigenvalue weighted by molar-refractivity contribution is 7.90. The molecule has 1 aliphatic heterocycles. The van der Waals surface area contributed by atoms with E-state index in [4.69, 9.17) is 19.0 Å². The number of ether oxygens (including phenoxy) is 3. The molecule has 1 N–H and O–H groups in total. The van der Waals surface area contributed by atoms with Gasteiger partial charge in [-0.25, -0.2) is 27.4 Å². The molecule has 0 aliphatic carbocycles. The molecule has 47 heavy (non-hydrogen) atoms. The van der Waals surface area contributed by atoms with E-state index < -0.39 is 52.1 Å². The van der Waals surface area contributed by atoms with E-state index in [0.717, 1.165) is 33.5 Å². The van der Waals surface area contributed by atoms with Crippen molar-refractivity contribution in [3.05, 3.63) is 71.1 Å². The van der Waals surface area contributed by atoms with E-state index in [-0.39, 0.29) is 34.3 Å². The van der Waals surface area contributed by atoms with E-state index in [1.165, 1.54) is 19.1 Å². The number of hydrogen-bond donors (Lipinski definition) is 1. The molecule has 1 aliphatic rings. The number of amides is 1. The van der Waals surface area contributed by atoms with Gasteiger partial charge in [-0.1, -0.05) is 29.8 Å². The Morgan fingerprint density at radius 2 is 1.70 bits per heavy atom. The largest absolute Gasteiger partial charge is 0.569 e. The van der Waals surface area contributed by atoms with Gasteiger partial charge in [-0.3, -0.25) is 4.84 Å². The third kappa shape index (κ3) is 9.24. The van der Waals surface area contributed by atoms with Crippen LogP contribution in [-0.2, 0) is 35.2 Å². The number of aryl methyl sites for hydroxylation is 1. The molecule has 1 aromatic heterocycles. The predicted octanol–water partition coefficient (Wildman–Crippen LogP) is 5.07. The van der Waals surface area contributed by atoms with Crippen LogP contribution in [0.5, 0.6) is 0 Å². The Kier molecular flexibility index (Phi) is 9.88. The molecule has 1 atom stereocenters. The summed E-state index contributed by atoms with van der Waals surface area (Å²) < 4.78 is 83.6. The summed E-state index contributed by atoms with van der Waals surface area (Å²) in [6, 6.07) is 12.3. The van der Waals surface area contributed by atoms with Crippen LogP contribution in [-0.4, -0.2) is 71.5 Å². The number of carbonyl (C=O) groups is 2. The number of sulfonamides is 1. The second kappa shape index (κ2) is 13.3. The third-order valence-electron chi connectivity index (χ3n) is 6.22. The van der Waals surface area contributed by atoms with E-state index in [9.17, 15) is 36.4 Å². The number of hydrazine groups is 1. The molecule has 3 aromatic rings. The van der Waals surface area contributed by atoms with Gasteiger partial charge < -0.3 is 19.4 Å². The molecule has 15 nitrogen and oxygen atoms in total.